The molecule has 2 heterocycles. The summed E-state index contributed by atoms with van der Waals surface area (Å²) >= 11 is -0.888. The van der Waals surface area contributed by atoms with Gasteiger partial charge in [0.15, 0.2) is 10.1 Å². The molecule has 0 aliphatic carbocycles. The molecule has 2 N–H and O–H groups in total. The Morgan fingerprint density at radius 2 is 0.983 bits per heavy atom. The Kier molecular flexibility index (Phi) is 21.2. The lowest BCUT2D eigenvalue weighted by atomic mass is 10.4. The van der Waals surface area contributed by atoms with Gasteiger partial charge < -0.3 is 4.57 Å². The smallest absolute Gasteiger partial charge is 0.341 e. The second kappa shape index (κ2) is 21.6. The van der Waals surface area contributed by atoms with Gasteiger partial charge in [0.05, 0.1) is 13.4 Å². The van der Waals surface area contributed by atoms with Crippen LogP contribution < -0.4 is 34.0 Å². The van der Waals surface area contributed by atoms with E-state index < -0.39 is 115 Å². The van der Waals surface area contributed by atoms with E-state index >= 15 is 0 Å². The second-order valence-corrected chi connectivity index (χ2v) is 19.7. The Balaban J connectivity index is 0. The number of aryl methyl sites for hydroxylation is 2. The molecule has 0 aliphatic heterocycles. The molecule has 0 saturated heterocycles. The van der Waals surface area contributed by atoms with Crippen LogP contribution in [0.15, 0.2) is 67.8 Å². The van der Waals surface area contributed by atoms with Gasteiger partial charge in [-0.2, -0.15) is 79.0 Å². The molecule has 0 aliphatic rings. The maximum Gasteiger partial charge on any atom is 0.512 e. The summed E-state index contributed by atoms with van der Waals surface area (Å²) in [6.07, 6.45) is 1.59. The lowest BCUT2D eigenvalue weighted by Crippen LogP contribution is -3.63. The topological polar surface area (TPSA) is 187 Å². The van der Waals surface area contributed by atoms with Gasteiger partial charge in [0.25, 0.3) is 0 Å². The Bertz CT molecular complexity index is 1980. The van der Waals surface area contributed by atoms with Crippen molar-refractivity contribution < 1.29 is 138 Å². The quantitative estimate of drug-likeness (QED) is 0.153. The maximum atomic E-state index is 11.8. The number of halogens is 19. The minimum atomic E-state index is -6.60. The molecule has 2 aromatic heterocycles. The molecule has 3 aromatic rings. The highest BCUT2D eigenvalue weighted by Crippen LogP contribution is 2.28. The average Bonchev–Trinajstić information content (AvgIpc) is 3.63. The van der Waals surface area contributed by atoms with Gasteiger partial charge in [-0.25, -0.2) is 47.8 Å². The fourth-order valence-electron chi connectivity index (χ4n) is 2.26. The van der Waals surface area contributed by atoms with Crippen LogP contribution in [0.3, 0.4) is 0 Å². The van der Waals surface area contributed by atoms with Gasteiger partial charge in [0.2, 0.25) is 10.8 Å². The van der Waals surface area contributed by atoms with Gasteiger partial charge in [-0.3, -0.25) is 0 Å². The highest BCUT2D eigenvalue weighted by atomic mass is 127. The standard InChI is InChI=1S/C8H7F3I.C6H8F3N2.C4H6N2.2C2HF6NO4S2/c9-8(10,11)6-12-7-4-2-1-3-5-7;1-10-2-3-11(5-10)4-6(7,8)9;1-6-3-2-5-4-6;2*3-1(4,5)14(10,11)9-15(12,13)2(6,7)8/h1-5H,6H2;2-3,5H,4H2,1H3;2-4H,1H3;2*9H/q2*+1;;;. The first-order chi connectivity index (χ1) is 25.9. The summed E-state index contributed by atoms with van der Waals surface area (Å²) in [5.41, 5.74) is -24.6. The molecule has 344 valence electrons. The van der Waals surface area contributed by atoms with E-state index in [1.807, 2.05) is 17.8 Å². The van der Waals surface area contributed by atoms with E-state index in [1.165, 1.54) is 12.5 Å². The zero-order valence-corrected chi connectivity index (χ0v) is 33.6. The average molecular weight is 1100 g/mol. The Labute approximate surface area is 330 Å². The van der Waals surface area contributed by atoms with Crippen molar-refractivity contribution in [3.8, 4) is 0 Å². The predicted octanol–water partition coefficient (Wildman–Crippen LogP) is 1.35. The van der Waals surface area contributed by atoms with Crippen molar-refractivity contribution in [1.82, 2.24) is 22.4 Å². The fraction of sp³-hybridized carbons (Fsp3) is 0.455. The number of nitrogens with one attached hydrogen (secondary N) is 2. The van der Waals surface area contributed by atoms with Crippen LogP contribution in [-0.2, 0) is 60.7 Å². The summed E-state index contributed by atoms with van der Waals surface area (Å²) in [5.74, 6) is 0. The fourth-order valence-corrected chi connectivity index (χ4v) is 7.88. The van der Waals surface area contributed by atoms with Crippen molar-refractivity contribution in [1.29, 1.82) is 0 Å². The molecule has 0 unspecified atom stereocenters. The number of sulfonamides is 4. The summed E-state index contributed by atoms with van der Waals surface area (Å²) < 4.78 is 292. The normalized spacial score (nSPS) is 13.3. The second-order valence-electron chi connectivity index (χ2n) is 9.74. The Morgan fingerprint density at radius 1 is 0.610 bits per heavy atom. The first-order valence-electron chi connectivity index (χ1n) is 13.4. The molecule has 37 heteroatoms. The van der Waals surface area contributed by atoms with Gasteiger partial charge in [-0.1, -0.05) is 26.5 Å². The molecule has 0 bridgehead atoms. The van der Waals surface area contributed by atoms with E-state index in [-0.39, 0.29) is 0 Å². The Hall–Kier alpha value is -3.17. The summed E-state index contributed by atoms with van der Waals surface area (Å²) in [6.45, 7) is -0.923. The number of alkyl halides is 19. The van der Waals surface area contributed by atoms with Crippen molar-refractivity contribution in [2.24, 2.45) is 14.1 Å². The van der Waals surface area contributed by atoms with E-state index in [9.17, 15) is 113 Å². The zero-order chi connectivity index (χ0) is 47.3. The van der Waals surface area contributed by atoms with Crippen LogP contribution in [0.1, 0.15) is 0 Å². The summed E-state index contributed by atoms with van der Waals surface area (Å²) in [7, 11) is -22.8. The molecule has 1 aromatic carbocycles. The summed E-state index contributed by atoms with van der Waals surface area (Å²) in [4.78, 5) is 3.78. The van der Waals surface area contributed by atoms with E-state index in [4.69, 9.17) is 0 Å². The maximum absolute atomic E-state index is 11.8. The van der Waals surface area contributed by atoms with Crippen LogP contribution in [0.2, 0.25) is 0 Å². The minimum absolute atomic E-state index is 0.493. The molecule has 0 amide bonds. The number of imidazole rings is 2. The molecule has 0 spiro atoms. The third-order valence-corrected chi connectivity index (χ3v) is 13.4. The van der Waals surface area contributed by atoms with Crippen molar-refractivity contribution in [3.05, 3.63) is 71.3 Å². The SMILES string of the molecule is C[n+]1ccn(CC(F)(F)F)c1.Cn1ccnc1.FC(F)(F)C[I+]c1ccccc1.O=S(=O)(NS(=O)(=O)C(F)(F)F)C(F)(F)F.O=S(=O)(NS(=O)(=O)C(F)(F)F)C(F)(F)F. The lowest BCUT2D eigenvalue weighted by molar-refractivity contribution is -0.671. The minimum Gasteiger partial charge on any atom is -0.341 e. The van der Waals surface area contributed by atoms with Crippen LogP contribution in [-0.4, -0.2) is 86.6 Å². The number of rotatable bonds is 7. The molecule has 3 rings (SSSR count). The van der Waals surface area contributed by atoms with Crippen molar-refractivity contribution >= 4 is 40.1 Å². The van der Waals surface area contributed by atoms with E-state index in [1.54, 1.807) is 60.7 Å². The third kappa shape index (κ3) is 24.0. The number of hydrogen-bond acceptors (Lipinski definition) is 9. The van der Waals surface area contributed by atoms with Crippen LogP contribution >= 0.6 is 0 Å². The molecule has 0 fully saturated rings. The van der Waals surface area contributed by atoms with Gasteiger partial charge in [-0.05, 0) is 12.1 Å². The number of benzene rings is 1. The van der Waals surface area contributed by atoms with Gasteiger partial charge in [0.1, 0.15) is 12.4 Å². The molecule has 59 heavy (non-hydrogen) atoms. The summed E-state index contributed by atoms with van der Waals surface area (Å²) in [6, 6.07) is 8.84. The number of hydrogen-bond donors (Lipinski definition) is 2. The first-order valence-corrected chi connectivity index (χ1v) is 21.9. The molecule has 14 nitrogen and oxygen atoms in total. The highest BCUT2D eigenvalue weighted by Gasteiger charge is 2.56. The van der Waals surface area contributed by atoms with Crippen LogP contribution in [0, 0.1) is 3.57 Å². The molecular weight excluding hydrogens is 1070 g/mol. The van der Waals surface area contributed by atoms with Gasteiger partial charge in [0, 0.05) is 19.4 Å². The zero-order valence-electron chi connectivity index (χ0n) is 28.1. The largest absolute Gasteiger partial charge is 0.512 e. The number of nitrogens with zero attached hydrogens (tertiary/aromatic N) is 4. The Morgan fingerprint density at radius 3 is 1.20 bits per heavy atom. The van der Waals surface area contributed by atoms with Crippen LogP contribution in [0.25, 0.3) is 0 Å². The van der Waals surface area contributed by atoms with Gasteiger partial charge >= 0.3 is 95.7 Å². The summed E-state index contributed by atoms with van der Waals surface area (Å²) in [5, 5.41) is 0. The third-order valence-electron chi connectivity index (χ3n) is 4.59. The van der Waals surface area contributed by atoms with Crippen LogP contribution in [0.4, 0.5) is 79.0 Å². The highest BCUT2D eigenvalue weighted by molar-refractivity contribution is 8.06. The van der Waals surface area contributed by atoms with E-state index in [0.717, 1.165) is 8.14 Å². The number of aromatic nitrogens is 4. The van der Waals surface area contributed by atoms with Crippen molar-refractivity contribution in [3.63, 3.8) is 0 Å². The van der Waals surface area contributed by atoms with E-state index in [0.29, 0.717) is 0 Å². The molecular formula is C22H23F18IN6O8S4+2. The molecule has 0 saturated carbocycles. The molecule has 0 radical (unpaired) electrons. The lowest BCUT2D eigenvalue weighted by Gasteiger charge is -2.11. The van der Waals surface area contributed by atoms with E-state index in [2.05, 4.69) is 4.98 Å². The van der Waals surface area contributed by atoms with Crippen molar-refractivity contribution in [2.75, 3.05) is 4.43 Å². The monoisotopic (exact) mass is 1100 g/mol. The van der Waals surface area contributed by atoms with Crippen LogP contribution in [0.5, 0.6) is 0 Å². The molecule has 0 atom stereocenters. The first kappa shape index (κ1) is 57.9. The predicted molar refractivity (Wildman–Crippen MR) is 157 cm³/mol. The van der Waals surface area contributed by atoms with Crippen molar-refractivity contribution in [2.45, 2.75) is 40.9 Å². The van der Waals surface area contributed by atoms with Gasteiger partial charge in [-0.15, -0.1) is 0 Å².